The van der Waals surface area contributed by atoms with E-state index < -0.39 is 40.9 Å². The summed E-state index contributed by atoms with van der Waals surface area (Å²) in [6.45, 7) is 0. The van der Waals surface area contributed by atoms with Gasteiger partial charge in [-0.15, -0.1) is 0 Å². The van der Waals surface area contributed by atoms with Crippen molar-refractivity contribution in [1.29, 1.82) is 0 Å². The number of nitrogens with one attached hydrogen (secondary N) is 2. The van der Waals surface area contributed by atoms with E-state index in [0.717, 1.165) is 18.3 Å². The molecule has 0 saturated carbocycles. The number of carbonyl (C=O) groups excluding carboxylic acids is 2. The Kier molecular flexibility index (Phi) is 6.75. The number of benzene rings is 2. The molecule has 0 spiro atoms. The summed E-state index contributed by atoms with van der Waals surface area (Å²) in [5, 5.41) is 4.49. The van der Waals surface area contributed by atoms with Crippen molar-refractivity contribution in [2.24, 2.45) is 0 Å². The molecule has 0 aliphatic heterocycles. The second kappa shape index (κ2) is 9.51. The SMILES string of the molecule is CNC(=O)Oc1ccc(Oc2ccc(NC(=O)c3ccc(C(F)(F)F)cc3F)cn2)c(F)c1. The Hall–Kier alpha value is -4.22. The van der Waals surface area contributed by atoms with Gasteiger partial charge in [-0.2, -0.15) is 13.2 Å². The first-order chi connectivity index (χ1) is 15.6. The van der Waals surface area contributed by atoms with E-state index in [9.17, 15) is 31.5 Å². The van der Waals surface area contributed by atoms with E-state index in [0.29, 0.717) is 6.07 Å². The van der Waals surface area contributed by atoms with Gasteiger partial charge in [-0.05, 0) is 36.4 Å². The zero-order chi connectivity index (χ0) is 24.2. The van der Waals surface area contributed by atoms with Gasteiger partial charge in [0.2, 0.25) is 5.88 Å². The number of amides is 2. The number of alkyl halides is 3. The molecule has 12 heteroatoms. The summed E-state index contributed by atoms with van der Waals surface area (Å²) >= 11 is 0. The number of hydrogen-bond acceptors (Lipinski definition) is 5. The van der Waals surface area contributed by atoms with E-state index in [1.807, 2.05) is 0 Å². The van der Waals surface area contributed by atoms with Crippen molar-refractivity contribution in [2.45, 2.75) is 6.18 Å². The lowest BCUT2D eigenvalue weighted by Gasteiger charge is -2.10. The van der Waals surface area contributed by atoms with Crippen molar-refractivity contribution in [3.63, 3.8) is 0 Å². The smallest absolute Gasteiger partial charge is 0.416 e. The third-order valence-electron chi connectivity index (χ3n) is 4.07. The molecular formula is C21H14F5N3O4. The van der Waals surface area contributed by atoms with Crippen molar-refractivity contribution < 1.29 is 41.0 Å². The molecule has 0 radical (unpaired) electrons. The molecule has 2 aromatic carbocycles. The minimum absolute atomic E-state index is 0.0549. The molecule has 1 aromatic heterocycles. The van der Waals surface area contributed by atoms with E-state index in [1.165, 1.54) is 31.3 Å². The molecular weight excluding hydrogens is 453 g/mol. The van der Waals surface area contributed by atoms with Crippen molar-refractivity contribution in [3.05, 3.63) is 77.5 Å². The maximum atomic E-state index is 14.1. The summed E-state index contributed by atoms with van der Waals surface area (Å²) in [7, 11) is 1.34. The highest BCUT2D eigenvalue weighted by atomic mass is 19.4. The van der Waals surface area contributed by atoms with E-state index >= 15 is 0 Å². The summed E-state index contributed by atoms with van der Waals surface area (Å²) < 4.78 is 76.0. The van der Waals surface area contributed by atoms with Crippen LogP contribution in [-0.4, -0.2) is 24.0 Å². The minimum Gasteiger partial charge on any atom is -0.436 e. The Labute approximate surface area is 183 Å². The van der Waals surface area contributed by atoms with Crippen LogP contribution in [0.5, 0.6) is 17.4 Å². The summed E-state index contributed by atoms with van der Waals surface area (Å²) in [5.41, 5.74) is -1.73. The summed E-state index contributed by atoms with van der Waals surface area (Å²) in [6, 6.07) is 7.54. The number of rotatable bonds is 5. The lowest BCUT2D eigenvalue weighted by molar-refractivity contribution is -0.137. The highest BCUT2D eigenvalue weighted by molar-refractivity contribution is 6.04. The Morgan fingerprint density at radius 1 is 0.970 bits per heavy atom. The third-order valence-corrected chi connectivity index (χ3v) is 4.07. The molecule has 1 heterocycles. The molecule has 7 nitrogen and oxygen atoms in total. The molecule has 0 aliphatic carbocycles. The Morgan fingerprint density at radius 2 is 1.73 bits per heavy atom. The molecule has 0 unspecified atom stereocenters. The molecule has 0 bridgehead atoms. The van der Waals surface area contributed by atoms with E-state index in [1.54, 1.807) is 0 Å². The molecule has 172 valence electrons. The molecule has 0 atom stereocenters. The predicted molar refractivity (Wildman–Crippen MR) is 105 cm³/mol. The normalized spacial score (nSPS) is 11.0. The first kappa shape index (κ1) is 23.4. The van der Waals surface area contributed by atoms with Crippen LogP contribution in [0.2, 0.25) is 0 Å². The van der Waals surface area contributed by atoms with Crippen LogP contribution in [0.3, 0.4) is 0 Å². The van der Waals surface area contributed by atoms with Gasteiger partial charge in [-0.1, -0.05) is 0 Å². The minimum atomic E-state index is -4.74. The van der Waals surface area contributed by atoms with Gasteiger partial charge in [0.05, 0.1) is 23.0 Å². The maximum Gasteiger partial charge on any atom is 0.416 e. The zero-order valence-electron chi connectivity index (χ0n) is 16.7. The number of aromatic nitrogens is 1. The van der Waals surface area contributed by atoms with Crippen LogP contribution in [0.4, 0.5) is 32.4 Å². The van der Waals surface area contributed by atoms with Crippen LogP contribution in [0.25, 0.3) is 0 Å². The fourth-order valence-electron chi connectivity index (χ4n) is 2.49. The Morgan fingerprint density at radius 3 is 2.30 bits per heavy atom. The lowest BCUT2D eigenvalue weighted by atomic mass is 10.1. The number of anilines is 1. The van der Waals surface area contributed by atoms with Gasteiger partial charge in [-0.3, -0.25) is 4.79 Å². The van der Waals surface area contributed by atoms with Crippen molar-refractivity contribution >= 4 is 17.7 Å². The molecule has 3 aromatic rings. The van der Waals surface area contributed by atoms with Crippen LogP contribution in [0, 0.1) is 11.6 Å². The van der Waals surface area contributed by atoms with Gasteiger partial charge < -0.3 is 20.1 Å². The average Bonchev–Trinajstić information content (AvgIpc) is 2.76. The van der Waals surface area contributed by atoms with Gasteiger partial charge in [-0.25, -0.2) is 18.6 Å². The van der Waals surface area contributed by atoms with Gasteiger partial charge in [0.15, 0.2) is 11.6 Å². The van der Waals surface area contributed by atoms with Crippen LogP contribution in [-0.2, 0) is 6.18 Å². The summed E-state index contributed by atoms with van der Waals surface area (Å²) in [6.07, 6.45) is -4.40. The Balaban J connectivity index is 1.66. The molecule has 0 aliphatic rings. The number of hydrogen-bond donors (Lipinski definition) is 2. The zero-order valence-corrected chi connectivity index (χ0v) is 16.7. The number of pyridine rings is 1. The van der Waals surface area contributed by atoms with Crippen molar-refractivity contribution in [1.82, 2.24) is 10.3 Å². The van der Waals surface area contributed by atoms with Crippen LogP contribution in [0.1, 0.15) is 15.9 Å². The van der Waals surface area contributed by atoms with E-state index in [-0.39, 0.29) is 29.1 Å². The van der Waals surface area contributed by atoms with Crippen LogP contribution < -0.4 is 20.1 Å². The van der Waals surface area contributed by atoms with Gasteiger partial charge in [0.1, 0.15) is 11.6 Å². The summed E-state index contributed by atoms with van der Waals surface area (Å²) in [5.74, 6) is -3.51. The van der Waals surface area contributed by atoms with Crippen molar-refractivity contribution in [2.75, 3.05) is 12.4 Å². The molecule has 0 saturated heterocycles. The molecule has 2 amide bonds. The number of halogens is 5. The van der Waals surface area contributed by atoms with E-state index in [2.05, 4.69) is 15.6 Å². The predicted octanol–water partition coefficient (Wildman–Crippen LogP) is 5.14. The first-order valence-electron chi connectivity index (χ1n) is 9.08. The fourth-order valence-corrected chi connectivity index (χ4v) is 2.49. The van der Waals surface area contributed by atoms with Crippen LogP contribution >= 0.6 is 0 Å². The first-order valence-corrected chi connectivity index (χ1v) is 9.08. The molecule has 2 N–H and O–H groups in total. The second-order valence-corrected chi connectivity index (χ2v) is 6.37. The summed E-state index contributed by atoms with van der Waals surface area (Å²) in [4.78, 5) is 27.2. The average molecular weight is 467 g/mol. The van der Waals surface area contributed by atoms with Gasteiger partial charge >= 0.3 is 12.3 Å². The fraction of sp³-hybridized carbons (Fsp3) is 0.0952. The third kappa shape index (κ3) is 5.93. The second-order valence-electron chi connectivity index (χ2n) is 6.37. The highest BCUT2D eigenvalue weighted by Gasteiger charge is 2.31. The van der Waals surface area contributed by atoms with Gasteiger partial charge in [0.25, 0.3) is 5.91 Å². The topological polar surface area (TPSA) is 89.5 Å². The molecule has 3 rings (SSSR count). The van der Waals surface area contributed by atoms with Crippen molar-refractivity contribution in [3.8, 4) is 17.4 Å². The number of nitrogens with zero attached hydrogens (tertiary/aromatic N) is 1. The number of carbonyl (C=O) groups is 2. The Bertz CT molecular complexity index is 1180. The maximum absolute atomic E-state index is 14.1. The standard InChI is InChI=1S/C21H14F5N3O4/c1-27-20(31)32-13-4-6-17(16(23)9-13)33-18-7-3-12(10-28-18)29-19(30)14-5-2-11(8-15(14)22)21(24,25)26/h2-10H,1H3,(H,27,31)(H,29,30). The van der Waals surface area contributed by atoms with Crippen LogP contribution in [0.15, 0.2) is 54.7 Å². The quantitative estimate of drug-likeness (QED) is 0.507. The van der Waals surface area contributed by atoms with E-state index in [4.69, 9.17) is 9.47 Å². The van der Waals surface area contributed by atoms with Gasteiger partial charge in [0, 0.05) is 19.2 Å². The monoisotopic (exact) mass is 467 g/mol. The lowest BCUT2D eigenvalue weighted by Crippen LogP contribution is -2.22. The highest BCUT2D eigenvalue weighted by Crippen LogP contribution is 2.30. The number of ether oxygens (including phenoxy) is 2. The molecule has 0 fully saturated rings. The molecule has 33 heavy (non-hydrogen) atoms. The largest absolute Gasteiger partial charge is 0.436 e.